The molecule has 2 amide bonds. The Balaban J connectivity index is 1.51. The number of carbonyl (C=O) groups excluding carboxylic acids is 2. The summed E-state index contributed by atoms with van der Waals surface area (Å²) in [5, 5.41) is 13.2. The van der Waals surface area contributed by atoms with Crippen molar-refractivity contribution in [1.29, 1.82) is 0 Å². The number of methoxy groups -OCH3 is 2. The Hall–Kier alpha value is -2.71. The quantitative estimate of drug-likeness (QED) is 0.670. The third-order valence-electron chi connectivity index (χ3n) is 4.88. The van der Waals surface area contributed by atoms with E-state index in [2.05, 4.69) is 5.32 Å². The van der Waals surface area contributed by atoms with Crippen LogP contribution in [0.15, 0.2) is 47.4 Å². The number of para-hydroxylation sites is 1. The number of anilines is 1. The minimum Gasteiger partial charge on any atom is -0.497 e. The molecule has 7 nitrogen and oxygen atoms in total. The van der Waals surface area contributed by atoms with E-state index < -0.39 is 6.10 Å². The number of aliphatic hydroxyl groups is 1. The summed E-state index contributed by atoms with van der Waals surface area (Å²) < 4.78 is 10.4. The second-order valence-electron chi connectivity index (χ2n) is 6.79. The largest absolute Gasteiger partial charge is 0.497 e. The smallest absolute Gasteiger partial charge is 0.227 e. The van der Waals surface area contributed by atoms with Crippen LogP contribution in [0.2, 0.25) is 0 Å². The fraction of sp³-hybridized carbons (Fsp3) is 0.364. The molecule has 2 N–H and O–H groups in total. The van der Waals surface area contributed by atoms with E-state index in [-0.39, 0.29) is 31.2 Å². The highest BCUT2D eigenvalue weighted by Gasteiger charge is 2.23. The van der Waals surface area contributed by atoms with E-state index in [1.54, 1.807) is 34.9 Å². The van der Waals surface area contributed by atoms with Crippen LogP contribution in [0.3, 0.4) is 0 Å². The van der Waals surface area contributed by atoms with Crippen molar-refractivity contribution >= 4 is 29.3 Å². The molecule has 2 aromatic carbocycles. The van der Waals surface area contributed by atoms with E-state index in [0.717, 1.165) is 16.3 Å². The molecule has 0 saturated heterocycles. The van der Waals surface area contributed by atoms with Gasteiger partial charge in [0, 0.05) is 42.1 Å². The topological polar surface area (TPSA) is 88.1 Å². The number of benzene rings is 2. The lowest BCUT2D eigenvalue weighted by Gasteiger charge is -2.29. The van der Waals surface area contributed by atoms with E-state index in [1.165, 1.54) is 14.2 Å². The Morgan fingerprint density at radius 1 is 1.17 bits per heavy atom. The van der Waals surface area contributed by atoms with Crippen molar-refractivity contribution < 1.29 is 24.2 Å². The Morgan fingerprint density at radius 2 is 1.97 bits per heavy atom. The summed E-state index contributed by atoms with van der Waals surface area (Å²) in [4.78, 5) is 27.7. The number of amides is 2. The van der Waals surface area contributed by atoms with Crippen molar-refractivity contribution in [3.63, 3.8) is 0 Å². The number of nitrogens with zero attached hydrogens (tertiary/aromatic N) is 1. The summed E-state index contributed by atoms with van der Waals surface area (Å²) in [5.41, 5.74) is 1.43. The molecular weight excluding hydrogens is 404 g/mol. The first-order chi connectivity index (χ1) is 14.5. The SMILES string of the molecule is COc1ccc(OC)c(C(O)CNC(=O)CCC(=O)N2CCSc3ccccc32)c1. The van der Waals surface area contributed by atoms with Gasteiger partial charge in [0.05, 0.1) is 26.0 Å². The number of hydrogen-bond donors (Lipinski definition) is 2. The number of hydrogen-bond acceptors (Lipinski definition) is 6. The number of thioether (sulfide) groups is 1. The Bertz CT molecular complexity index is 905. The Kier molecular flexibility index (Phi) is 7.59. The lowest BCUT2D eigenvalue weighted by atomic mass is 10.1. The molecule has 1 unspecified atom stereocenters. The van der Waals surface area contributed by atoms with Crippen LogP contribution in [0, 0.1) is 0 Å². The zero-order chi connectivity index (χ0) is 21.5. The molecule has 0 saturated carbocycles. The minimum absolute atomic E-state index is 0.0136. The molecule has 160 valence electrons. The first kappa shape index (κ1) is 22.0. The molecule has 1 heterocycles. The molecule has 8 heteroatoms. The van der Waals surface area contributed by atoms with Gasteiger partial charge < -0.3 is 24.8 Å². The number of aliphatic hydroxyl groups excluding tert-OH is 1. The van der Waals surface area contributed by atoms with Gasteiger partial charge in [-0.3, -0.25) is 9.59 Å². The molecular formula is C22H26N2O5S. The maximum absolute atomic E-state index is 12.6. The van der Waals surface area contributed by atoms with Crippen LogP contribution in [-0.2, 0) is 9.59 Å². The normalized spacial score (nSPS) is 13.9. The van der Waals surface area contributed by atoms with Gasteiger partial charge in [-0.2, -0.15) is 0 Å². The summed E-state index contributed by atoms with van der Waals surface area (Å²) >= 11 is 1.73. The van der Waals surface area contributed by atoms with Crippen molar-refractivity contribution in [1.82, 2.24) is 5.32 Å². The highest BCUT2D eigenvalue weighted by Crippen LogP contribution is 2.34. The van der Waals surface area contributed by atoms with Gasteiger partial charge in [-0.1, -0.05) is 12.1 Å². The van der Waals surface area contributed by atoms with Crippen LogP contribution in [0.5, 0.6) is 11.5 Å². The summed E-state index contributed by atoms with van der Waals surface area (Å²) in [6.07, 6.45) is -0.781. The first-order valence-electron chi connectivity index (χ1n) is 9.72. The van der Waals surface area contributed by atoms with E-state index in [4.69, 9.17) is 9.47 Å². The highest BCUT2D eigenvalue weighted by molar-refractivity contribution is 7.99. The molecule has 1 aliphatic rings. The predicted octanol–water partition coefficient (Wildman–Crippen LogP) is 2.77. The zero-order valence-corrected chi connectivity index (χ0v) is 17.9. The van der Waals surface area contributed by atoms with Crippen LogP contribution in [0.4, 0.5) is 5.69 Å². The number of fused-ring (bicyclic) bond motifs is 1. The molecule has 0 aliphatic carbocycles. The average Bonchev–Trinajstić information content (AvgIpc) is 2.80. The van der Waals surface area contributed by atoms with Crippen LogP contribution < -0.4 is 19.7 Å². The van der Waals surface area contributed by atoms with Gasteiger partial charge in [-0.25, -0.2) is 0 Å². The molecule has 1 aliphatic heterocycles. The van der Waals surface area contributed by atoms with Crippen molar-refractivity contribution in [2.24, 2.45) is 0 Å². The summed E-state index contributed by atoms with van der Waals surface area (Å²) in [6.45, 7) is 0.649. The number of carbonyl (C=O) groups is 2. The van der Waals surface area contributed by atoms with Crippen LogP contribution in [-0.4, -0.2) is 50.0 Å². The second-order valence-corrected chi connectivity index (χ2v) is 7.93. The first-order valence-corrected chi connectivity index (χ1v) is 10.7. The van der Waals surface area contributed by atoms with Gasteiger partial charge >= 0.3 is 0 Å². The van der Waals surface area contributed by atoms with Crippen molar-refractivity contribution in [2.75, 3.05) is 38.0 Å². The molecule has 0 fully saturated rings. The zero-order valence-electron chi connectivity index (χ0n) is 17.1. The molecule has 0 bridgehead atoms. The molecule has 3 rings (SSSR count). The average molecular weight is 431 g/mol. The van der Waals surface area contributed by atoms with Gasteiger partial charge in [-0.05, 0) is 30.3 Å². The Labute approximate surface area is 180 Å². The van der Waals surface area contributed by atoms with Crippen LogP contribution >= 0.6 is 11.8 Å². The third-order valence-corrected chi connectivity index (χ3v) is 5.93. The molecule has 0 aromatic heterocycles. The summed E-state index contributed by atoms with van der Waals surface area (Å²) in [6, 6.07) is 12.9. The van der Waals surface area contributed by atoms with Gasteiger partial charge in [-0.15, -0.1) is 11.8 Å². The van der Waals surface area contributed by atoms with Gasteiger partial charge in [0.25, 0.3) is 0 Å². The highest BCUT2D eigenvalue weighted by atomic mass is 32.2. The fourth-order valence-electron chi connectivity index (χ4n) is 3.29. The molecule has 0 radical (unpaired) electrons. The number of ether oxygens (including phenoxy) is 2. The van der Waals surface area contributed by atoms with Gasteiger partial charge in [0.15, 0.2) is 0 Å². The monoisotopic (exact) mass is 430 g/mol. The van der Waals surface area contributed by atoms with Gasteiger partial charge in [0.1, 0.15) is 11.5 Å². The van der Waals surface area contributed by atoms with Crippen molar-refractivity contribution in [2.45, 2.75) is 23.8 Å². The Morgan fingerprint density at radius 3 is 2.73 bits per heavy atom. The van der Waals surface area contributed by atoms with E-state index >= 15 is 0 Å². The van der Waals surface area contributed by atoms with Crippen molar-refractivity contribution in [3.8, 4) is 11.5 Å². The van der Waals surface area contributed by atoms with Crippen LogP contribution in [0.1, 0.15) is 24.5 Å². The van der Waals surface area contributed by atoms with Crippen LogP contribution in [0.25, 0.3) is 0 Å². The maximum Gasteiger partial charge on any atom is 0.227 e. The minimum atomic E-state index is -0.958. The van der Waals surface area contributed by atoms with Crippen molar-refractivity contribution in [3.05, 3.63) is 48.0 Å². The van der Waals surface area contributed by atoms with Gasteiger partial charge in [0.2, 0.25) is 11.8 Å². The second kappa shape index (κ2) is 10.4. The lowest BCUT2D eigenvalue weighted by Crippen LogP contribution is -2.36. The fourth-order valence-corrected chi connectivity index (χ4v) is 4.29. The number of nitrogens with one attached hydrogen (secondary N) is 1. The molecule has 1 atom stereocenters. The third kappa shape index (κ3) is 5.25. The molecule has 30 heavy (non-hydrogen) atoms. The summed E-state index contributed by atoms with van der Waals surface area (Å²) in [5.74, 6) is 1.57. The predicted molar refractivity (Wildman–Crippen MR) is 116 cm³/mol. The molecule has 0 spiro atoms. The van der Waals surface area contributed by atoms with E-state index in [1.807, 2.05) is 24.3 Å². The maximum atomic E-state index is 12.6. The number of rotatable bonds is 8. The standard InChI is InChI=1S/C22H26N2O5S/c1-28-15-7-8-19(29-2)16(13-15)18(25)14-23-21(26)9-10-22(27)24-11-12-30-20-6-4-3-5-17(20)24/h3-8,13,18,25H,9-12,14H2,1-2H3,(H,23,26). The molecule has 2 aromatic rings. The van der Waals surface area contributed by atoms with E-state index in [9.17, 15) is 14.7 Å². The lowest BCUT2D eigenvalue weighted by molar-refractivity contribution is -0.125. The van der Waals surface area contributed by atoms with E-state index in [0.29, 0.717) is 23.6 Å². The summed E-state index contributed by atoms with van der Waals surface area (Å²) in [7, 11) is 3.05.